The average Bonchev–Trinajstić information content (AvgIpc) is 2.98. The SMILES string of the molecule is CC(C(=O)NC1(CC(=O)O)CCCC1)n1cncn1. The summed E-state index contributed by atoms with van der Waals surface area (Å²) >= 11 is 0. The third-order valence-corrected chi connectivity index (χ3v) is 3.65. The van der Waals surface area contributed by atoms with Crippen LogP contribution in [0.25, 0.3) is 0 Å². The third-order valence-electron chi connectivity index (χ3n) is 3.65. The molecule has 1 amide bonds. The molecule has 0 aromatic carbocycles. The Morgan fingerprint density at radius 2 is 2.16 bits per heavy atom. The van der Waals surface area contributed by atoms with Gasteiger partial charge in [-0.15, -0.1) is 0 Å². The van der Waals surface area contributed by atoms with E-state index in [1.807, 2.05) is 0 Å². The van der Waals surface area contributed by atoms with Crippen molar-refractivity contribution >= 4 is 11.9 Å². The Labute approximate surface area is 111 Å². The van der Waals surface area contributed by atoms with E-state index in [-0.39, 0.29) is 12.3 Å². The van der Waals surface area contributed by atoms with E-state index in [1.54, 1.807) is 6.92 Å². The summed E-state index contributed by atoms with van der Waals surface area (Å²) in [5.74, 6) is -1.09. The molecule has 0 aliphatic heterocycles. The minimum absolute atomic E-state index is 0.0250. The molecule has 104 valence electrons. The van der Waals surface area contributed by atoms with Gasteiger partial charge in [-0.05, 0) is 19.8 Å². The summed E-state index contributed by atoms with van der Waals surface area (Å²) in [4.78, 5) is 27.0. The Hall–Kier alpha value is -1.92. The molecule has 1 aromatic rings. The van der Waals surface area contributed by atoms with Crippen LogP contribution in [0.1, 0.15) is 45.1 Å². The number of carbonyl (C=O) groups is 2. The number of rotatable bonds is 5. The van der Waals surface area contributed by atoms with E-state index in [9.17, 15) is 9.59 Å². The second kappa shape index (κ2) is 5.38. The molecule has 0 radical (unpaired) electrons. The van der Waals surface area contributed by atoms with E-state index in [4.69, 9.17) is 5.11 Å². The van der Waals surface area contributed by atoms with Gasteiger partial charge in [0.15, 0.2) is 0 Å². The summed E-state index contributed by atoms with van der Waals surface area (Å²) in [6.07, 6.45) is 6.15. The molecule has 1 saturated carbocycles. The number of carboxylic acids is 1. The van der Waals surface area contributed by atoms with Crippen molar-refractivity contribution in [1.82, 2.24) is 20.1 Å². The number of nitrogens with one attached hydrogen (secondary N) is 1. The first kappa shape index (κ1) is 13.5. The fourth-order valence-electron chi connectivity index (χ4n) is 2.59. The molecule has 1 fully saturated rings. The topological polar surface area (TPSA) is 97.1 Å². The zero-order valence-corrected chi connectivity index (χ0v) is 10.9. The van der Waals surface area contributed by atoms with E-state index in [1.165, 1.54) is 17.3 Å². The highest BCUT2D eigenvalue weighted by atomic mass is 16.4. The van der Waals surface area contributed by atoms with Crippen LogP contribution in [0.3, 0.4) is 0 Å². The van der Waals surface area contributed by atoms with Crippen molar-refractivity contribution in [1.29, 1.82) is 0 Å². The number of carboxylic acid groups (broad SMARTS) is 1. The molecule has 1 aliphatic rings. The maximum absolute atomic E-state index is 12.2. The molecule has 0 saturated heterocycles. The highest BCUT2D eigenvalue weighted by Gasteiger charge is 2.38. The van der Waals surface area contributed by atoms with E-state index >= 15 is 0 Å². The molecule has 7 heteroatoms. The molecular weight excluding hydrogens is 248 g/mol. The third kappa shape index (κ3) is 3.10. The predicted molar refractivity (Wildman–Crippen MR) is 66.3 cm³/mol. The van der Waals surface area contributed by atoms with Crippen molar-refractivity contribution in [3.05, 3.63) is 12.7 Å². The molecule has 2 rings (SSSR count). The van der Waals surface area contributed by atoms with Crippen LogP contribution in [-0.2, 0) is 9.59 Å². The second-order valence-electron chi connectivity index (χ2n) is 5.10. The number of hydrogen-bond acceptors (Lipinski definition) is 4. The van der Waals surface area contributed by atoms with Gasteiger partial charge in [-0.3, -0.25) is 9.59 Å². The maximum Gasteiger partial charge on any atom is 0.305 e. The van der Waals surface area contributed by atoms with Crippen molar-refractivity contribution in [2.75, 3.05) is 0 Å². The van der Waals surface area contributed by atoms with Crippen molar-refractivity contribution in [2.24, 2.45) is 0 Å². The van der Waals surface area contributed by atoms with Gasteiger partial charge in [0.05, 0.1) is 12.0 Å². The van der Waals surface area contributed by atoms with E-state index < -0.39 is 17.6 Å². The summed E-state index contributed by atoms with van der Waals surface area (Å²) in [7, 11) is 0. The van der Waals surface area contributed by atoms with Gasteiger partial charge < -0.3 is 10.4 Å². The molecule has 19 heavy (non-hydrogen) atoms. The number of aromatic nitrogens is 3. The molecule has 0 bridgehead atoms. The molecule has 1 atom stereocenters. The first-order valence-corrected chi connectivity index (χ1v) is 6.40. The fourth-order valence-corrected chi connectivity index (χ4v) is 2.59. The molecule has 1 heterocycles. The van der Waals surface area contributed by atoms with Crippen LogP contribution in [0.2, 0.25) is 0 Å². The average molecular weight is 266 g/mol. The Balaban J connectivity index is 2.05. The van der Waals surface area contributed by atoms with Crippen molar-refractivity contribution in [3.8, 4) is 0 Å². The molecule has 1 aliphatic carbocycles. The molecule has 2 N–H and O–H groups in total. The van der Waals surface area contributed by atoms with Crippen LogP contribution < -0.4 is 5.32 Å². The summed E-state index contributed by atoms with van der Waals surface area (Å²) in [6, 6.07) is -0.492. The van der Waals surface area contributed by atoms with Crippen LogP contribution in [0, 0.1) is 0 Å². The highest BCUT2D eigenvalue weighted by molar-refractivity contribution is 5.81. The quantitative estimate of drug-likeness (QED) is 0.819. The zero-order chi connectivity index (χ0) is 13.9. The molecule has 1 aromatic heterocycles. The van der Waals surface area contributed by atoms with Crippen molar-refractivity contribution < 1.29 is 14.7 Å². The van der Waals surface area contributed by atoms with Crippen LogP contribution in [-0.4, -0.2) is 37.3 Å². The van der Waals surface area contributed by atoms with Crippen molar-refractivity contribution in [2.45, 2.75) is 50.6 Å². The lowest BCUT2D eigenvalue weighted by atomic mass is 9.93. The van der Waals surface area contributed by atoms with E-state index in [2.05, 4.69) is 15.4 Å². The normalized spacial score (nSPS) is 19.0. The van der Waals surface area contributed by atoms with Crippen LogP contribution >= 0.6 is 0 Å². The van der Waals surface area contributed by atoms with Gasteiger partial charge in [-0.25, -0.2) is 9.67 Å². The van der Waals surface area contributed by atoms with Gasteiger partial charge in [0.25, 0.3) is 0 Å². The Morgan fingerprint density at radius 3 is 2.68 bits per heavy atom. The van der Waals surface area contributed by atoms with Crippen LogP contribution in [0.15, 0.2) is 12.7 Å². The van der Waals surface area contributed by atoms with Gasteiger partial charge in [0.2, 0.25) is 5.91 Å². The first-order chi connectivity index (χ1) is 9.02. The minimum Gasteiger partial charge on any atom is -0.481 e. The molecule has 1 unspecified atom stereocenters. The lowest BCUT2D eigenvalue weighted by molar-refractivity contribution is -0.139. The van der Waals surface area contributed by atoms with E-state index in [0.29, 0.717) is 0 Å². The van der Waals surface area contributed by atoms with Gasteiger partial charge in [-0.1, -0.05) is 12.8 Å². The van der Waals surface area contributed by atoms with Gasteiger partial charge in [0, 0.05) is 0 Å². The molecular formula is C12H18N4O3. The Morgan fingerprint density at radius 1 is 1.47 bits per heavy atom. The monoisotopic (exact) mass is 266 g/mol. The zero-order valence-electron chi connectivity index (χ0n) is 10.9. The largest absolute Gasteiger partial charge is 0.481 e. The number of carbonyl (C=O) groups excluding carboxylic acids is 1. The number of aliphatic carboxylic acids is 1. The van der Waals surface area contributed by atoms with Crippen LogP contribution in [0.4, 0.5) is 0 Å². The maximum atomic E-state index is 12.2. The fraction of sp³-hybridized carbons (Fsp3) is 0.667. The Bertz CT molecular complexity index is 452. The predicted octanol–water partition coefficient (Wildman–Crippen LogP) is 0.743. The number of nitrogens with zero attached hydrogens (tertiary/aromatic N) is 3. The lowest BCUT2D eigenvalue weighted by Crippen LogP contribution is -2.49. The van der Waals surface area contributed by atoms with Crippen LogP contribution in [0.5, 0.6) is 0 Å². The smallest absolute Gasteiger partial charge is 0.305 e. The van der Waals surface area contributed by atoms with E-state index in [0.717, 1.165) is 25.7 Å². The molecule has 7 nitrogen and oxygen atoms in total. The van der Waals surface area contributed by atoms with Gasteiger partial charge in [-0.2, -0.15) is 5.10 Å². The van der Waals surface area contributed by atoms with Crippen molar-refractivity contribution in [3.63, 3.8) is 0 Å². The Kier molecular flexibility index (Phi) is 3.82. The summed E-state index contributed by atoms with van der Waals surface area (Å²) in [5.41, 5.74) is -0.599. The second-order valence-corrected chi connectivity index (χ2v) is 5.10. The standard InChI is InChI=1S/C12H18N4O3/c1-9(16-8-13-7-14-16)11(19)15-12(6-10(17)18)4-2-3-5-12/h7-9H,2-6H2,1H3,(H,15,19)(H,17,18). The first-order valence-electron chi connectivity index (χ1n) is 6.40. The molecule has 0 spiro atoms. The van der Waals surface area contributed by atoms with Gasteiger partial charge in [0.1, 0.15) is 18.7 Å². The summed E-state index contributed by atoms with van der Waals surface area (Å²) in [5, 5.41) is 15.8. The highest BCUT2D eigenvalue weighted by Crippen LogP contribution is 2.33. The lowest BCUT2D eigenvalue weighted by Gasteiger charge is -2.30. The number of amides is 1. The summed E-state index contributed by atoms with van der Waals surface area (Å²) < 4.78 is 1.46. The minimum atomic E-state index is -0.879. The summed E-state index contributed by atoms with van der Waals surface area (Å²) in [6.45, 7) is 1.72. The van der Waals surface area contributed by atoms with Gasteiger partial charge >= 0.3 is 5.97 Å². The number of hydrogen-bond donors (Lipinski definition) is 2.